The lowest BCUT2D eigenvalue weighted by molar-refractivity contribution is 0.0266. The van der Waals surface area contributed by atoms with Crippen LogP contribution in [0, 0.1) is 5.92 Å². The van der Waals surface area contributed by atoms with Crippen LogP contribution < -0.4 is 10.1 Å². The van der Waals surface area contributed by atoms with Crippen molar-refractivity contribution >= 4 is 17.3 Å². The van der Waals surface area contributed by atoms with Gasteiger partial charge in [-0.3, -0.25) is 0 Å². The lowest BCUT2D eigenvalue weighted by Crippen LogP contribution is -2.38. The molecule has 0 bridgehead atoms. The van der Waals surface area contributed by atoms with Crippen molar-refractivity contribution < 1.29 is 9.84 Å². The summed E-state index contributed by atoms with van der Waals surface area (Å²) in [6.07, 6.45) is 0. The van der Waals surface area contributed by atoms with Gasteiger partial charge >= 0.3 is 0 Å². The molecule has 1 rings (SSSR count). The monoisotopic (exact) mass is 257 g/mol. The second-order valence-corrected chi connectivity index (χ2v) is 5.15. The van der Waals surface area contributed by atoms with Crippen molar-refractivity contribution in [3.05, 3.63) is 23.2 Å². The molecule has 0 spiro atoms. The fraction of sp³-hybridized carbons (Fsp3) is 0.538. The molecular weight excluding hydrogens is 238 g/mol. The van der Waals surface area contributed by atoms with Crippen LogP contribution in [0.4, 0.5) is 5.69 Å². The highest BCUT2D eigenvalue weighted by Gasteiger charge is 2.24. The zero-order chi connectivity index (χ0) is 13.1. The first-order chi connectivity index (χ1) is 7.86. The van der Waals surface area contributed by atoms with E-state index in [4.69, 9.17) is 16.3 Å². The lowest BCUT2D eigenvalue weighted by atomic mass is 9.92. The van der Waals surface area contributed by atoms with E-state index in [-0.39, 0.29) is 5.92 Å². The molecule has 4 heteroatoms. The molecule has 0 aromatic heterocycles. The minimum absolute atomic E-state index is 0.167. The molecule has 0 aliphatic carbocycles. The molecule has 0 saturated carbocycles. The van der Waals surface area contributed by atoms with Crippen LogP contribution >= 0.6 is 11.6 Å². The standard InChI is InChI=1S/C13H20ClNO2/c1-9(2)13(3,16)8-15-11-7-10(14)5-6-12(11)17-4/h5-7,9,15-16H,8H2,1-4H3. The van der Waals surface area contributed by atoms with Crippen molar-refractivity contribution in [3.8, 4) is 5.75 Å². The Labute approximate surface area is 108 Å². The van der Waals surface area contributed by atoms with Gasteiger partial charge in [-0.25, -0.2) is 0 Å². The van der Waals surface area contributed by atoms with Gasteiger partial charge in [0.1, 0.15) is 5.75 Å². The lowest BCUT2D eigenvalue weighted by Gasteiger charge is -2.28. The van der Waals surface area contributed by atoms with E-state index in [9.17, 15) is 5.11 Å². The molecule has 1 unspecified atom stereocenters. The van der Waals surface area contributed by atoms with Crippen molar-refractivity contribution in [1.82, 2.24) is 0 Å². The Morgan fingerprint density at radius 2 is 2.12 bits per heavy atom. The maximum Gasteiger partial charge on any atom is 0.142 e. The van der Waals surface area contributed by atoms with Crippen molar-refractivity contribution in [3.63, 3.8) is 0 Å². The zero-order valence-electron chi connectivity index (χ0n) is 10.7. The quantitative estimate of drug-likeness (QED) is 0.851. The van der Waals surface area contributed by atoms with Crippen LogP contribution in [0.2, 0.25) is 5.02 Å². The van der Waals surface area contributed by atoms with Crippen molar-refractivity contribution in [2.75, 3.05) is 19.0 Å². The van der Waals surface area contributed by atoms with Gasteiger partial charge < -0.3 is 15.2 Å². The molecule has 17 heavy (non-hydrogen) atoms. The topological polar surface area (TPSA) is 41.5 Å². The number of nitrogens with one attached hydrogen (secondary N) is 1. The molecule has 1 aromatic carbocycles. The van der Waals surface area contributed by atoms with Crippen LogP contribution in [0.5, 0.6) is 5.75 Å². The number of hydrogen-bond donors (Lipinski definition) is 2. The fourth-order valence-electron chi connectivity index (χ4n) is 1.30. The first kappa shape index (κ1) is 14.1. The summed E-state index contributed by atoms with van der Waals surface area (Å²) in [6.45, 7) is 6.22. The van der Waals surface area contributed by atoms with E-state index in [1.165, 1.54) is 0 Å². The van der Waals surface area contributed by atoms with Gasteiger partial charge in [0.05, 0.1) is 18.4 Å². The van der Waals surface area contributed by atoms with Crippen molar-refractivity contribution in [1.29, 1.82) is 0 Å². The van der Waals surface area contributed by atoms with Crippen molar-refractivity contribution in [2.45, 2.75) is 26.4 Å². The number of ether oxygens (including phenoxy) is 1. The summed E-state index contributed by atoms with van der Waals surface area (Å²) in [5.41, 5.74) is 0.0220. The van der Waals surface area contributed by atoms with E-state index in [0.29, 0.717) is 17.3 Å². The molecule has 0 heterocycles. The summed E-state index contributed by atoms with van der Waals surface area (Å²) in [6, 6.07) is 5.36. The molecule has 0 fully saturated rings. The highest BCUT2D eigenvalue weighted by molar-refractivity contribution is 6.30. The van der Waals surface area contributed by atoms with E-state index < -0.39 is 5.60 Å². The number of benzene rings is 1. The molecule has 96 valence electrons. The Morgan fingerprint density at radius 1 is 1.47 bits per heavy atom. The Kier molecular flexibility index (Phi) is 4.66. The molecule has 0 radical (unpaired) electrons. The summed E-state index contributed by atoms with van der Waals surface area (Å²) in [5, 5.41) is 14.0. The van der Waals surface area contributed by atoms with Crippen molar-refractivity contribution in [2.24, 2.45) is 5.92 Å². The third kappa shape index (κ3) is 3.79. The highest BCUT2D eigenvalue weighted by Crippen LogP contribution is 2.28. The normalized spacial score (nSPS) is 14.5. The zero-order valence-corrected chi connectivity index (χ0v) is 11.5. The molecule has 3 nitrogen and oxygen atoms in total. The number of halogens is 1. The maximum absolute atomic E-state index is 10.1. The Bertz CT molecular complexity index is 378. The molecule has 0 aliphatic heterocycles. The van der Waals surface area contributed by atoms with Gasteiger partial charge in [0, 0.05) is 11.6 Å². The third-order valence-electron chi connectivity index (χ3n) is 3.04. The summed E-state index contributed by atoms with van der Waals surface area (Å²) in [7, 11) is 1.61. The van der Waals surface area contributed by atoms with E-state index in [1.807, 2.05) is 20.8 Å². The van der Waals surface area contributed by atoms with Gasteiger partial charge in [-0.05, 0) is 31.0 Å². The summed E-state index contributed by atoms with van der Waals surface area (Å²) in [5.74, 6) is 0.883. The second kappa shape index (κ2) is 5.61. The minimum atomic E-state index is -0.771. The first-order valence-corrected chi connectivity index (χ1v) is 6.04. The molecule has 2 N–H and O–H groups in total. The van der Waals surface area contributed by atoms with E-state index >= 15 is 0 Å². The Hall–Kier alpha value is -0.930. The Balaban J connectivity index is 2.78. The number of aliphatic hydroxyl groups is 1. The van der Waals surface area contributed by atoms with Gasteiger partial charge in [-0.2, -0.15) is 0 Å². The summed E-state index contributed by atoms with van der Waals surface area (Å²) >= 11 is 5.93. The van der Waals surface area contributed by atoms with Crippen LogP contribution in [0.1, 0.15) is 20.8 Å². The minimum Gasteiger partial charge on any atom is -0.495 e. The molecular formula is C13H20ClNO2. The first-order valence-electron chi connectivity index (χ1n) is 5.66. The predicted octanol–water partition coefficient (Wildman–Crippen LogP) is 3.17. The Morgan fingerprint density at radius 3 is 2.65 bits per heavy atom. The van der Waals surface area contributed by atoms with Crippen LogP contribution in [-0.4, -0.2) is 24.4 Å². The molecule has 1 atom stereocenters. The average Bonchev–Trinajstić information content (AvgIpc) is 2.26. The average molecular weight is 258 g/mol. The highest BCUT2D eigenvalue weighted by atomic mass is 35.5. The SMILES string of the molecule is COc1ccc(Cl)cc1NCC(C)(O)C(C)C. The molecule has 1 aromatic rings. The van der Waals surface area contributed by atoms with Gasteiger partial charge in [0.25, 0.3) is 0 Å². The molecule has 0 saturated heterocycles. The van der Waals surface area contributed by atoms with Gasteiger partial charge in [-0.15, -0.1) is 0 Å². The van der Waals surface area contributed by atoms with Gasteiger partial charge in [0.15, 0.2) is 0 Å². The van der Waals surface area contributed by atoms with Crippen LogP contribution in [0.15, 0.2) is 18.2 Å². The molecule has 0 amide bonds. The maximum atomic E-state index is 10.1. The summed E-state index contributed by atoms with van der Waals surface area (Å²) < 4.78 is 5.22. The predicted molar refractivity (Wildman–Crippen MR) is 72.0 cm³/mol. The largest absolute Gasteiger partial charge is 0.495 e. The van der Waals surface area contributed by atoms with Gasteiger partial charge in [-0.1, -0.05) is 25.4 Å². The number of methoxy groups -OCH3 is 1. The van der Waals surface area contributed by atoms with E-state index in [2.05, 4.69) is 5.32 Å². The van der Waals surface area contributed by atoms with E-state index in [0.717, 1.165) is 5.69 Å². The van der Waals surface area contributed by atoms with Gasteiger partial charge in [0.2, 0.25) is 0 Å². The van der Waals surface area contributed by atoms with Crippen LogP contribution in [-0.2, 0) is 0 Å². The number of hydrogen-bond acceptors (Lipinski definition) is 3. The number of rotatable bonds is 5. The third-order valence-corrected chi connectivity index (χ3v) is 3.28. The molecule has 0 aliphatic rings. The van der Waals surface area contributed by atoms with Crippen LogP contribution in [0.25, 0.3) is 0 Å². The fourth-order valence-corrected chi connectivity index (χ4v) is 1.47. The number of anilines is 1. The summed E-state index contributed by atoms with van der Waals surface area (Å²) in [4.78, 5) is 0. The van der Waals surface area contributed by atoms with E-state index in [1.54, 1.807) is 25.3 Å². The second-order valence-electron chi connectivity index (χ2n) is 4.71. The smallest absolute Gasteiger partial charge is 0.142 e. The van der Waals surface area contributed by atoms with Crippen LogP contribution in [0.3, 0.4) is 0 Å².